The maximum absolute atomic E-state index is 5.43. The van der Waals surface area contributed by atoms with Gasteiger partial charge >= 0.3 is 0 Å². The Morgan fingerprint density at radius 1 is 1.47 bits per heavy atom. The molecule has 1 aromatic heterocycles. The van der Waals surface area contributed by atoms with Crippen molar-refractivity contribution in [2.24, 2.45) is 0 Å². The second-order valence-corrected chi connectivity index (χ2v) is 4.24. The first kappa shape index (κ1) is 11.9. The highest BCUT2D eigenvalue weighted by Gasteiger charge is 2.05. The van der Waals surface area contributed by atoms with Crippen LogP contribution >= 0.6 is 0 Å². The summed E-state index contributed by atoms with van der Waals surface area (Å²) in [4.78, 5) is 4.31. The Balaban J connectivity index is 2.08. The second-order valence-electron chi connectivity index (χ2n) is 4.24. The van der Waals surface area contributed by atoms with Gasteiger partial charge in [-0.25, -0.2) is 4.98 Å². The molecule has 1 atom stereocenters. The van der Waals surface area contributed by atoms with E-state index in [1.807, 2.05) is 25.1 Å². The summed E-state index contributed by atoms with van der Waals surface area (Å²) >= 11 is 0. The van der Waals surface area contributed by atoms with Crippen LogP contribution in [0.1, 0.15) is 19.2 Å². The number of nitrogens with zero attached hydrogens (tertiary/aromatic N) is 1. The van der Waals surface area contributed by atoms with Crippen LogP contribution in [0, 0.1) is 6.92 Å². The molecule has 1 unspecified atom stereocenters. The van der Waals surface area contributed by atoms with Crippen molar-refractivity contribution >= 4 is 16.8 Å². The normalized spacial score (nSPS) is 12.9. The number of rotatable bonds is 5. The Kier molecular flexibility index (Phi) is 3.64. The number of ether oxygens (including phenoxy) is 1. The van der Waals surface area contributed by atoms with Gasteiger partial charge in [-0.1, -0.05) is 0 Å². The molecule has 0 aliphatic heterocycles. The lowest BCUT2D eigenvalue weighted by molar-refractivity contribution is 0.191. The molecule has 2 aromatic rings. The average Bonchev–Trinajstić information content (AvgIpc) is 2.65. The lowest BCUT2D eigenvalue weighted by atomic mass is 10.2. The van der Waals surface area contributed by atoms with Gasteiger partial charge in [0.25, 0.3) is 0 Å². The monoisotopic (exact) mass is 234 g/mol. The van der Waals surface area contributed by atoms with Crippen LogP contribution in [0.5, 0.6) is 0 Å². The van der Waals surface area contributed by atoms with Crippen LogP contribution in [0.15, 0.2) is 22.6 Å². The van der Waals surface area contributed by atoms with E-state index >= 15 is 0 Å². The number of aromatic nitrogens is 1. The number of hydrogen-bond donors (Lipinski definition) is 1. The van der Waals surface area contributed by atoms with E-state index in [9.17, 15) is 0 Å². The molecule has 0 spiro atoms. The molecular formula is C13H18N2O2. The summed E-state index contributed by atoms with van der Waals surface area (Å²) in [5.74, 6) is 0.699. The van der Waals surface area contributed by atoms with E-state index < -0.39 is 0 Å². The number of benzene rings is 1. The van der Waals surface area contributed by atoms with Crippen molar-refractivity contribution in [2.75, 3.05) is 19.0 Å². The van der Waals surface area contributed by atoms with E-state index in [1.165, 1.54) is 0 Å². The Labute approximate surface area is 101 Å². The van der Waals surface area contributed by atoms with Crippen molar-refractivity contribution in [3.05, 3.63) is 24.1 Å². The number of fused-ring (bicyclic) bond motifs is 1. The van der Waals surface area contributed by atoms with Crippen molar-refractivity contribution < 1.29 is 9.15 Å². The van der Waals surface area contributed by atoms with E-state index in [-0.39, 0.29) is 0 Å². The molecule has 1 heterocycles. The molecule has 4 nitrogen and oxygen atoms in total. The molecule has 17 heavy (non-hydrogen) atoms. The molecule has 0 aliphatic rings. The highest BCUT2D eigenvalue weighted by Crippen LogP contribution is 2.20. The van der Waals surface area contributed by atoms with Gasteiger partial charge < -0.3 is 14.5 Å². The molecule has 0 fully saturated rings. The molecule has 2 rings (SSSR count). The van der Waals surface area contributed by atoms with E-state index in [4.69, 9.17) is 9.15 Å². The second kappa shape index (κ2) is 5.19. The molecule has 4 heteroatoms. The van der Waals surface area contributed by atoms with Crippen LogP contribution in [-0.4, -0.2) is 24.7 Å². The Hall–Kier alpha value is -1.55. The summed E-state index contributed by atoms with van der Waals surface area (Å²) in [5.41, 5.74) is 2.79. The first-order valence-corrected chi connectivity index (χ1v) is 5.81. The smallest absolute Gasteiger partial charge is 0.192 e. The van der Waals surface area contributed by atoms with Crippen LogP contribution in [0.2, 0.25) is 0 Å². The highest BCUT2D eigenvalue weighted by atomic mass is 16.5. The number of oxazole rings is 1. The first-order valence-electron chi connectivity index (χ1n) is 5.81. The van der Waals surface area contributed by atoms with Gasteiger partial charge in [-0.3, -0.25) is 0 Å². The molecule has 0 radical (unpaired) electrons. The molecule has 1 N–H and O–H groups in total. The van der Waals surface area contributed by atoms with E-state index in [2.05, 4.69) is 17.2 Å². The van der Waals surface area contributed by atoms with Gasteiger partial charge in [-0.15, -0.1) is 0 Å². The molecule has 92 valence electrons. The minimum atomic E-state index is 0.375. The zero-order chi connectivity index (χ0) is 12.3. The summed E-state index contributed by atoms with van der Waals surface area (Å²) < 4.78 is 10.5. The van der Waals surface area contributed by atoms with Gasteiger partial charge in [-0.05, 0) is 31.5 Å². The van der Waals surface area contributed by atoms with Crippen molar-refractivity contribution in [3.8, 4) is 0 Å². The summed E-state index contributed by atoms with van der Waals surface area (Å²) in [7, 11) is 1.72. The summed E-state index contributed by atoms with van der Waals surface area (Å²) in [6, 6.07) is 6.34. The Morgan fingerprint density at radius 2 is 2.29 bits per heavy atom. The number of aryl methyl sites for hydroxylation is 1. The van der Waals surface area contributed by atoms with Crippen LogP contribution in [-0.2, 0) is 4.74 Å². The first-order chi connectivity index (χ1) is 8.19. The van der Waals surface area contributed by atoms with Gasteiger partial charge in [0.05, 0.1) is 0 Å². The van der Waals surface area contributed by atoms with Crippen molar-refractivity contribution in [3.63, 3.8) is 0 Å². The SMILES string of the molecule is COCCC(C)Nc1ccc2oc(C)nc2c1. The summed E-state index contributed by atoms with van der Waals surface area (Å²) in [6.07, 6.45) is 0.979. The summed E-state index contributed by atoms with van der Waals surface area (Å²) in [6.45, 7) is 4.76. The van der Waals surface area contributed by atoms with Gasteiger partial charge in [0.1, 0.15) is 5.52 Å². The largest absolute Gasteiger partial charge is 0.441 e. The highest BCUT2D eigenvalue weighted by molar-refractivity contribution is 5.77. The van der Waals surface area contributed by atoms with Crippen LogP contribution in [0.3, 0.4) is 0 Å². The third-order valence-corrected chi connectivity index (χ3v) is 2.66. The van der Waals surface area contributed by atoms with E-state index in [0.29, 0.717) is 11.9 Å². The number of anilines is 1. The van der Waals surface area contributed by atoms with Gasteiger partial charge in [0.2, 0.25) is 0 Å². The van der Waals surface area contributed by atoms with E-state index in [1.54, 1.807) is 7.11 Å². The number of hydrogen-bond acceptors (Lipinski definition) is 4. The predicted octanol–water partition coefficient (Wildman–Crippen LogP) is 2.97. The average molecular weight is 234 g/mol. The molecular weight excluding hydrogens is 216 g/mol. The van der Waals surface area contributed by atoms with E-state index in [0.717, 1.165) is 29.8 Å². The van der Waals surface area contributed by atoms with Gasteiger partial charge in [0.15, 0.2) is 11.5 Å². The van der Waals surface area contributed by atoms with Gasteiger partial charge in [-0.2, -0.15) is 0 Å². The lowest BCUT2D eigenvalue weighted by Crippen LogP contribution is -2.16. The molecule has 0 bridgehead atoms. The zero-order valence-corrected chi connectivity index (χ0v) is 10.5. The summed E-state index contributed by atoms with van der Waals surface area (Å²) in [5, 5.41) is 3.42. The van der Waals surface area contributed by atoms with Crippen molar-refractivity contribution in [1.82, 2.24) is 4.98 Å². The van der Waals surface area contributed by atoms with Crippen molar-refractivity contribution in [1.29, 1.82) is 0 Å². The molecule has 0 saturated carbocycles. The lowest BCUT2D eigenvalue weighted by Gasteiger charge is -2.14. The zero-order valence-electron chi connectivity index (χ0n) is 10.5. The standard InChI is InChI=1S/C13H18N2O2/c1-9(6-7-16-3)14-11-4-5-13-12(8-11)15-10(2)17-13/h4-5,8-9,14H,6-7H2,1-3H3. The minimum Gasteiger partial charge on any atom is -0.441 e. The minimum absolute atomic E-state index is 0.375. The Bertz CT molecular complexity index is 493. The molecule has 1 aromatic carbocycles. The maximum Gasteiger partial charge on any atom is 0.192 e. The van der Waals surface area contributed by atoms with Crippen LogP contribution in [0.4, 0.5) is 5.69 Å². The Morgan fingerprint density at radius 3 is 3.06 bits per heavy atom. The number of methoxy groups -OCH3 is 1. The fraction of sp³-hybridized carbons (Fsp3) is 0.462. The predicted molar refractivity (Wildman–Crippen MR) is 68.3 cm³/mol. The molecule has 0 amide bonds. The number of nitrogens with one attached hydrogen (secondary N) is 1. The topological polar surface area (TPSA) is 47.3 Å². The molecule has 0 aliphatic carbocycles. The molecule has 0 saturated heterocycles. The fourth-order valence-electron chi connectivity index (χ4n) is 1.78. The van der Waals surface area contributed by atoms with Crippen molar-refractivity contribution in [2.45, 2.75) is 26.3 Å². The maximum atomic E-state index is 5.43. The quantitative estimate of drug-likeness (QED) is 0.864. The van der Waals surface area contributed by atoms with Gasteiger partial charge in [0, 0.05) is 32.4 Å². The fourth-order valence-corrected chi connectivity index (χ4v) is 1.78. The van der Waals surface area contributed by atoms with Crippen LogP contribution in [0.25, 0.3) is 11.1 Å². The van der Waals surface area contributed by atoms with Crippen LogP contribution < -0.4 is 5.32 Å². The third-order valence-electron chi connectivity index (χ3n) is 2.66. The third kappa shape index (κ3) is 2.97.